The lowest BCUT2D eigenvalue weighted by molar-refractivity contribution is -0.148. The molecule has 0 fully saturated rings. The first-order valence-corrected chi connectivity index (χ1v) is 8.30. The van der Waals surface area contributed by atoms with Crippen LogP contribution in [0.25, 0.3) is 11.1 Å². The summed E-state index contributed by atoms with van der Waals surface area (Å²) in [7, 11) is 0. The highest BCUT2D eigenvalue weighted by atomic mass is 35.6. The van der Waals surface area contributed by atoms with Crippen LogP contribution in [0.2, 0.25) is 0 Å². The van der Waals surface area contributed by atoms with Gasteiger partial charge in [0.1, 0.15) is 6.61 Å². The molecular weight excluding hydrogens is 389 g/mol. The van der Waals surface area contributed by atoms with Gasteiger partial charge in [0.2, 0.25) is 3.79 Å². The summed E-state index contributed by atoms with van der Waals surface area (Å²) in [4.78, 5) is 27.6. The zero-order chi connectivity index (χ0) is 18.3. The molecule has 0 saturated carbocycles. The monoisotopic (exact) mass is 401 g/mol. The lowest BCUT2D eigenvalue weighted by Crippen LogP contribution is -2.30. The van der Waals surface area contributed by atoms with Crippen molar-refractivity contribution in [1.82, 2.24) is 5.48 Å². The van der Waals surface area contributed by atoms with Gasteiger partial charge in [-0.25, -0.2) is 9.59 Å². The molecule has 0 aromatic heterocycles. The van der Waals surface area contributed by atoms with Gasteiger partial charge in [0, 0.05) is 0 Å². The van der Waals surface area contributed by atoms with Crippen LogP contribution < -0.4 is 5.48 Å². The van der Waals surface area contributed by atoms with Gasteiger partial charge in [-0.1, -0.05) is 89.4 Å². The second kappa shape index (κ2) is 8.94. The highest BCUT2D eigenvalue weighted by Gasteiger charge is 2.22. The molecular formula is C17H14Cl3NO4. The van der Waals surface area contributed by atoms with Crippen molar-refractivity contribution in [2.24, 2.45) is 0 Å². The van der Waals surface area contributed by atoms with Crippen molar-refractivity contribution >= 4 is 46.9 Å². The third-order valence-electron chi connectivity index (χ3n) is 3.02. The van der Waals surface area contributed by atoms with Crippen LogP contribution >= 0.6 is 34.8 Å². The molecule has 2 aromatic rings. The third kappa shape index (κ3) is 7.22. The number of amides is 1. The van der Waals surface area contributed by atoms with E-state index in [9.17, 15) is 9.59 Å². The summed E-state index contributed by atoms with van der Waals surface area (Å²) in [6.07, 6.45) is -1.04. The average molecular weight is 403 g/mol. The zero-order valence-corrected chi connectivity index (χ0v) is 15.1. The molecule has 0 radical (unpaired) electrons. The van der Waals surface area contributed by atoms with Gasteiger partial charge in [0.05, 0.1) is 6.42 Å². The fraction of sp³-hybridized carbons (Fsp3) is 0.176. The number of halogens is 3. The quantitative estimate of drug-likeness (QED) is 0.606. The van der Waals surface area contributed by atoms with Crippen molar-refractivity contribution in [3.63, 3.8) is 0 Å². The number of hydrogen-bond donors (Lipinski definition) is 1. The van der Waals surface area contributed by atoms with E-state index in [2.05, 4.69) is 9.57 Å². The largest absolute Gasteiger partial charge is 0.443 e. The summed E-state index contributed by atoms with van der Waals surface area (Å²) in [6.45, 7) is -0.470. The van der Waals surface area contributed by atoms with E-state index in [0.29, 0.717) is 0 Å². The van der Waals surface area contributed by atoms with Crippen molar-refractivity contribution in [1.29, 1.82) is 0 Å². The van der Waals surface area contributed by atoms with Crippen LogP contribution in [-0.2, 0) is 20.8 Å². The molecule has 1 amide bonds. The summed E-state index contributed by atoms with van der Waals surface area (Å²) in [6, 6.07) is 17.3. The molecule has 0 aliphatic heterocycles. The van der Waals surface area contributed by atoms with Gasteiger partial charge in [-0.05, 0) is 16.7 Å². The van der Waals surface area contributed by atoms with Crippen LogP contribution in [0.4, 0.5) is 4.79 Å². The van der Waals surface area contributed by atoms with Gasteiger partial charge >= 0.3 is 12.1 Å². The smallest absolute Gasteiger partial charge is 0.440 e. The molecule has 0 unspecified atom stereocenters. The number of rotatable bonds is 4. The number of carbonyl (C=O) groups excluding carboxylic acids is 2. The Bertz CT molecular complexity index is 715. The first-order chi connectivity index (χ1) is 11.8. The van der Waals surface area contributed by atoms with Gasteiger partial charge in [-0.2, -0.15) is 0 Å². The van der Waals surface area contributed by atoms with Crippen LogP contribution in [0.3, 0.4) is 0 Å². The molecule has 8 heteroatoms. The van der Waals surface area contributed by atoms with Crippen LogP contribution in [0.5, 0.6) is 0 Å². The molecule has 2 aromatic carbocycles. The topological polar surface area (TPSA) is 64.6 Å². The third-order valence-corrected chi connectivity index (χ3v) is 3.35. The van der Waals surface area contributed by atoms with E-state index in [1.807, 2.05) is 60.1 Å². The lowest BCUT2D eigenvalue weighted by Gasteiger charge is -2.11. The highest BCUT2D eigenvalue weighted by molar-refractivity contribution is 6.67. The predicted octanol–water partition coefficient (Wildman–Crippen LogP) is 4.45. The van der Waals surface area contributed by atoms with Gasteiger partial charge < -0.3 is 9.57 Å². The minimum Gasteiger partial charge on any atom is -0.443 e. The average Bonchev–Trinajstić information content (AvgIpc) is 2.59. The maximum atomic E-state index is 11.7. The maximum absolute atomic E-state index is 11.7. The Morgan fingerprint density at radius 1 is 0.920 bits per heavy atom. The molecule has 1 N–H and O–H groups in total. The van der Waals surface area contributed by atoms with Crippen molar-refractivity contribution in [3.05, 3.63) is 60.2 Å². The number of hydrogen-bond acceptors (Lipinski definition) is 4. The Kier molecular flexibility index (Phi) is 6.93. The maximum Gasteiger partial charge on any atom is 0.440 e. The van der Waals surface area contributed by atoms with E-state index < -0.39 is 22.5 Å². The normalized spacial score (nSPS) is 10.8. The van der Waals surface area contributed by atoms with E-state index in [-0.39, 0.29) is 6.42 Å². The first-order valence-electron chi connectivity index (χ1n) is 7.17. The molecule has 0 spiro atoms. The van der Waals surface area contributed by atoms with E-state index in [1.165, 1.54) is 0 Å². The first kappa shape index (κ1) is 19.4. The molecule has 0 saturated heterocycles. The molecule has 0 heterocycles. The molecule has 132 valence electrons. The lowest BCUT2D eigenvalue weighted by atomic mass is 10.0. The second-order valence-electron chi connectivity index (χ2n) is 5.01. The predicted molar refractivity (Wildman–Crippen MR) is 96.4 cm³/mol. The SMILES string of the molecule is O=C(Cc1ccc(-c2ccccc2)cc1)ONC(=O)OCC(Cl)(Cl)Cl. The van der Waals surface area contributed by atoms with Crippen molar-refractivity contribution in [2.75, 3.05) is 6.61 Å². The van der Waals surface area contributed by atoms with E-state index >= 15 is 0 Å². The summed E-state index contributed by atoms with van der Waals surface area (Å²) >= 11 is 16.3. The van der Waals surface area contributed by atoms with Crippen LogP contribution in [-0.4, -0.2) is 22.5 Å². The Morgan fingerprint density at radius 2 is 1.52 bits per heavy atom. The van der Waals surface area contributed by atoms with Crippen molar-refractivity contribution in [3.8, 4) is 11.1 Å². The number of carbonyl (C=O) groups is 2. The van der Waals surface area contributed by atoms with Crippen LogP contribution in [0, 0.1) is 0 Å². The second-order valence-corrected chi connectivity index (χ2v) is 7.52. The molecule has 0 aliphatic rings. The number of benzene rings is 2. The number of ether oxygens (including phenoxy) is 1. The van der Waals surface area contributed by atoms with E-state index in [0.717, 1.165) is 16.7 Å². The summed E-state index contributed by atoms with van der Waals surface area (Å²) < 4.78 is 2.81. The minimum absolute atomic E-state index is 0.0141. The molecule has 25 heavy (non-hydrogen) atoms. The Hall–Kier alpha value is -1.95. The van der Waals surface area contributed by atoms with Crippen molar-refractivity contribution < 1.29 is 19.2 Å². The van der Waals surface area contributed by atoms with Gasteiger partial charge in [-0.15, -0.1) is 5.48 Å². The van der Waals surface area contributed by atoms with Gasteiger partial charge in [-0.3, -0.25) is 0 Å². The number of nitrogens with one attached hydrogen (secondary N) is 1. The Balaban J connectivity index is 1.80. The summed E-state index contributed by atoms with van der Waals surface area (Å²) in [5.74, 6) is -0.654. The van der Waals surface area contributed by atoms with Gasteiger partial charge in [0.15, 0.2) is 0 Å². The fourth-order valence-electron chi connectivity index (χ4n) is 1.92. The van der Waals surface area contributed by atoms with Crippen LogP contribution in [0.1, 0.15) is 5.56 Å². The fourth-order valence-corrected chi connectivity index (χ4v) is 2.09. The molecule has 0 aliphatic carbocycles. The van der Waals surface area contributed by atoms with E-state index in [1.54, 1.807) is 0 Å². The zero-order valence-electron chi connectivity index (χ0n) is 12.9. The standard InChI is InChI=1S/C17H14Cl3NO4/c18-17(19,20)11-24-16(23)21-25-15(22)10-12-6-8-14(9-7-12)13-4-2-1-3-5-13/h1-9H,10-11H2,(H,21,23). The molecule has 2 rings (SSSR count). The number of alkyl halides is 3. The Morgan fingerprint density at radius 3 is 2.12 bits per heavy atom. The molecule has 0 atom stereocenters. The molecule has 0 bridgehead atoms. The van der Waals surface area contributed by atoms with Crippen LogP contribution in [0.15, 0.2) is 54.6 Å². The van der Waals surface area contributed by atoms with E-state index in [4.69, 9.17) is 34.8 Å². The summed E-state index contributed by atoms with van der Waals surface area (Å²) in [5, 5.41) is 0. The minimum atomic E-state index is -1.73. The Labute approximate surface area is 159 Å². The summed E-state index contributed by atoms with van der Waals surface area (Å²) in [5.41, 5.74) is 4.68. The van der Waals surface area contributed by atoms with Gasteiger partial charge in [0.25, 0.3) is 0 Å². The van der Waals surface area contributed by atoms with Crippen molar-refractivity contribution in [2.45, 2.75) is 10.2 Å². The molecule has 5 nitrogen and oxygen atoms in total. The number of hydroxylamine groups is 1. The highest BCUT2D eigenvalue weighted by Crippen LogP contribution is 2.25.